The summed E-state index contributed by atoms with van der Waals surface area (Å²) in [7, 11) is -1.98. The summed E-state index contributed by atoms with van der Waals surface area (Å²) < 4.78 is 28.0. The Bertz CT molecular complexity index is 760. The van der Waals surface area contributed by atoms with Gasteiger partial charge in [-0.15, -0.1) is 4.40 Å². The molecule has 1 fully saturated rings. The maximum absolute atomic E-state index is 12.4. The van der Waals surface area contributed by atoms with Crippen molar-refractivity contribution in [2.75, 3.05) is 33.2 Å². The number of amidine groups is 1. The van der Waals surface area contributed by atoms with Gasteiger partial charge < -0.3 is 15.5 Å². The Morgan fingerprint density at radius 3 is 2.87 bits per heavy atom. The van der Waals surface area contributed by atoms with E-state index in [2.05, 4.69) is 4.40 Å². The van der Waals surface area contributed by atoms with Crippen molar-refractivity contribution in [2.24, 2.45) is 16.0 Å². The quantitative estimate of drug-likeness (QED) is 0.830. The standard InChI is InChI=1S/C15H20N4O3S/c1-18(10-14(20)19-7-6-11(8-16)9-19)15-12-4-2-3-5-13(12)23(21,22)17-15/h2-5,11H,6-10,16H2,1H3. The first-order valence-electron chi connectivity index (χ1n) is 7.55. The first-order valence-corrected chi connectivity index (χ1v) is 8.99. The van der Waals surface area contributed by atoms with Gasteiger partial charge in [-0.3, -0.25) is 4.79 Å². The molecule has 8 heteroatoms. The van der Waals surface area contributed by atoms with Crippen molar-refractivity contribution in [3.63, 3.8) is 0 Å². The van der Waals surface area contributed by atoms with Crippen molar-refractivity contribution < 1.29 is 13.2 Å². The number of benzene rings is 1. The van der Waals surface area contributed by atoms with Gasteiger partial charge in [-0.05, 0) is 31.0 Å². The lowest BCUT2D eigenvalue weighted by molar-refractivity contribution is -0.130. The number of fused-ring (bicyclic) bond motifs is 1. The van der Waals surface area contributed by atoms with E-state index in [0.29, 0.717) is 37.0 Å². The molecule has 0 aromatic heterocycles. The van der Waals surface area contributed by atoms with E-state index < -0.39 is 10.0 Å². The van der Waals surface area contributed by atoms with Gasteiger partial charge in [0.05, 0.1) is 6.54 Å². The van der Waals surface area contributed by atoms with Gasteiger partial charge in [-0.25, -0.2) is 0 Å². The Morgan fingerprint density at radius 1 is 1.43 bits per heavy atom. The highest BCUT2D eigenvalue weighted by atomic mass is 32.2. The molecule has 1 unspecified atom stereocenters. The molecule has 1 aromatic carbocycles. The highest BCUT2D eigenvalue weighted by Gasteiger charge is 2.32. The summed E-state index contributed by atoms with van der Waals surface area (Å²) in [6.45, 7) is 2.05. The van der Waals surface area contributed by atoms with Crippen molar-refractivity contribution in [3.05, 3.63) is 29.8 Å². The first kappa shape index (κ1) is 15.9. The number of rotatable bonds is 3. The van der Waals surface area contributed by atoms with Crippen LogP contribution < -0.4 is 5.73 Å². The predicted molar refractivity (Wildman–Crippen MR) is 86.5 cm³/mol. The molecular weight excluding hydrogens is 316 g/mol. The Kier molecular flexibility index (Phi) is 4.11. The summed E-state index contributed by atoms with van der Waals surface area (Å²) in [4.78, 5) is 16.0. The number of amides is 1. The van der Waals surface area contributed by atoms with Crippen LogP contribution in [0.25, 0.3) is 0 Å². The molecule has 0 aliphatic carbocycles. The molecule has 1 amide bonds. The molecule has 2 aliphatic rings. The predicted octanol–water partition coefficient (Wildman–Crippen LogP) is -0.125. The third-order valence-corrected chi connectivity index (χ3v) is 5.64. The van der Waals surface area contributed by atoms with Crippen LogP contribution in [0.4, 0.5) is 0 Å². The number of likely N-dealkylation sites (N-methyl/N-ethyl adjacent to an activating group) is 1. The molecule has 0 spiro atoms. The van der Waals surface area contributed by atoms with Gasteiger partial charge in [0.2, 0.25) is 5.91 Å². The molecular formula is C15H20N4O3S. The van der Waals surface area contributed by atoms with Gasteiger partial charge in [0, 0.05) is 25.7 Å². The van der Waals surface area contributed by atoms with Gasteiger partial charge in [0.25, 0.3) is 10.0 Å². The fourth-order valence-corrected chi connectivity index (χ4v) is 4.24. The van der Waals surface area contributed by atoms with E-state index in [-0.39, 0.29) is 17.3 Å². The minimum absolute atomic E-state index is 0.0343. The van der Waals surface area contributed by atoms with Crippen LogP contribution >= 0.6 is 0 Å². The summed E-state index contributed by atoms with van der Waals surface area (Å²) in [5, 5.41) is 0. The van der Waals surface area contributed by atoms with Gasteiger partial charge in [0.15, 0.2) is 5.84 Å². The monoisotopic (exact) mass is 336 g/mol. The van der Waals surface area contributed by atoms with Crippen LogP contribution in [0.2, 0.25) is 0 Å². The summed E-state index contributed by atoms with van der Waals surface area (Å²) in [6, 6.07) is 6.66. The second-order valence-corrected chi connectivity index (χ2v) is 7.54. The molecule has 0 saturated carbocycles. The SMILES string of the molecule is CN(CC(=O)N1CCC(CN)C1)C1=NS(=O)(=O)c2ccccc21. The number of sulfonamides is 1. The van der Waals surface area contributed by atoms with Crippen molar-refractivity contribution in [1.82, 2.24) is 9.80 Å². The minimum Gasteiger partial charge on any atom is -0.349 e. The second-order valence-electron chi connectivity index (χ2n) is 5.97. The summed E-state index contributed by atoms with van der Waals surface area (Å²) in [5.74, 6) is 0.644. The van der Waals surface area contributed by atoms with Crippen LogP contribution in [0.3, 0.4) is 0 Å². The van der Waals surface area contributed by atoms with E-state index in [1.807, 2.05) is 0 Å². The minimum atomic E-state index is -3.66. The zero-order chi connectivity index (χ0) is 16.6. The van der Waals surface area contributed by atoms with E-state index in [9.17, 15) is 13.2 Å². The number of hydrogen-bond donors (Lipinski definition) is 1. The van der Waals surface area contributed by atoms with Crippen LogP contribution in [-0.4, -0.2) is 63.2 Å². The molecule has 23 heavy (non-hydrogen) atoms. The molecule has 0 radical (unpaired) electrons. The van der Waals surface area contributed by atoms with Gasteiger partial charge in [0.1, 0.15) is 4.90 Å². The van der Waals surface area contributed by atoms with E-state index in [1.54, 1.807) is 35.0 Å². The van der Waals surface area contributed by atoms with E-state index in [0.717, 1.165) is 6.42 Å². The van der Waals surface area contributed by atoms with Crippen LogP contribution in [0, 0.1) is 5.92 Å². The number of carbonyl (C=O) groups is 1. The summed E-state index contributed by atoms with van der Waals surface area (Å²) >= 11 is 0. The largest absolute Gasteiger partial charge is 0.349 e. The third-order valence-electron chi connectivity index (χ3n) is 4.32. The first-order chi connectivity index (χ1) is 10.9. The van der Waals surface area contributed by atoms with Crippen molar-refractivity contribution in [2.45, 2.75) is 11.3 Å². The molecule has 1 atom stereocenters. The Balaban J connectivity index is 1.75. The molecule has 1 aromatic rings. The average molecular weight is 336 g/mol. The van der Waals surface area contributed by atoms with Crippen molar-refractivity contribution >= 4 is 21.8 Å². The van der Waals surface area contributed by atoms with Crippen LogP contribution in [0.1, 0.15) is 12.0 Å². The Morgan fingerprint density at radius 2 is 2.17 bits per heavy atom. The maximum atomic E-state index is 12.4. The number of carbonyl (C=O) groups excluding carboxylic acids is 1. The van der Waals surface area contributed by atoms with Crippen LogP contribution in [-0.2, 0) is 14.8 Å². The fraction of sp³-hybridized carbons (Fsp3) is 0.467. The third kappa shape index (κ3) is 2.96. The summed E-state index contributed by atoms with van der Waals surface area (Å²) in [6.07, 6.45) is 0.921. The lowest BCUT2D eigenvalue weighted by Crippen LogP contribution is -2.40. The molecule has 2 heterocycles. The lowest BCUT2D eigenvalue weighted by Gasteiger charge is -2.23. The highest BCUT2D eigenvalue weighted by molar-refractivity contribution is 7.90. The van der Waals surface area contributed by atoms with Crippen LogP contribution in [0.5, 0.6) is 0 Å². The number of hydrogen-bond acceptors (Lipinski definition) is 5. The molecule has 1 saturated heterocycles. The van der Waals surface area contributed by atoms with Crippen molar-refractivity contribution in [3.8, 4) is 0 Å². The van der Waals surface area contributed by atoms with Gasteiger partial charge in [-0.2, -0.15) is 8.42 Å². The zero-order valence-corrected chi connectivity index (χ0v) is 13.8. The van der Waals surface area contributed by atoms with Crippen LogP contribution in [0.15, 0.2) is 33.6 Å². The van der Waals surface area contributed by atoms with E-state index >= 15 is 0 Å². The van der Waals surface area contributed by atoms with Crippen molar-refractivity contribution in [1.29, 1.82) is 0 Å². The topological polar surface area (TPSA) is 96.1 Å². The second kappa shape index (κ2) is 5.93. The van der Waals surface area contributed by atoms with E-state index in [1.165, 1.54) is 6.07 Å². The highest BCUT2D eigenvalue weighted by Crippen LogP contribution is 2.27. The normalized spacial score (nSPS) is 21.9. The maximum Gasteiger partial charge on any atom is 0.285 e. The average Bonchev–Trinajstić information content (AvgIpc) is 3.11. The molecule has 3 rings (SSSR count). The molecule has 124 valence electrons. The Hall–Kier alpha value is -1.93. The molecule has 2 N–H and O–H groups in total. The van der Waals surface area contributed by atoms with E-state index in [4.69, 9.17) is 5.73 Å². The number of nitrogens with two attached hydrogens (primary N) is 1. The zero-order valence-electron chi connectivity index (χ0n) is 13.0. The lowest BCUT2D eigenvalue weighted by atomic mass is 10.1. The molecule has 7 nitrogen and oxygen atoms in total. The smallest absolute Gasteiger partial charge is 0.285 e. The van der Waals surface area contributed by atoms with Gasteiger partial charge >= 0.3 is 0 Å². The fourth-order valence-electron chi connectivity index (χ4n) is 2.99. The van der Waals surface area contributed by atoms with Gasteiger partial charge in [-0.1, -0.05) is 12.1 Å². The molecule has 0 bridgehead atoms. The number of likely N-dealkylation sites (tertiary alicyclic amines) is 1. The number of nitrogens with zero attached hydrogens (tertiary/aromatic N) is 3. The molecule has 2 aliphatic heterocycles. The summed E-state index contributed by atoms with van der Waals surface area (Å²) in [5.41, 5.74) is 6.19. The Labute approximate surface area is 135 Å².